The summed E-state index contributed by atoms with van der Waals surface area (Å²) in [5.41, 5.74) is 2.80. The SMILES string of the molecule is COc1ccc(C(=O)O)cc1NCc1cccc(OCc2cccc(Cl)c2)c1. The van der Waals surface area contributed by atoms with Gasteiger partial charge in [0, 0.05) is 11.6 Å². The minimum Gasteiger partial charge on any atom is -0.495 e. The molecule has 3 aromatic carbocycles. The Bertz CT molecular complexity index is 974. The third kappa shape index (κ3) is 5.18. The molecule has 0 radical (unpaired) electrons. The number of hydrogen-bond donors (Lipinski definition) is 2. The molecular formula is C22H20ClNO4. The molecule has 3 rings (SSSR count). The van der Waals surface area contributed by atoms with E-state index in [4.69, 9.17) is 21.1 Å². The molecule has 3 aromatic rings. The van der Waals surface area contributed by atoms with Crippen molar-refractivity contribution in [1.82, 2.24) is 0 Å². The minimum absolute atomic E-state index is 0.196. The predicted molar refractivity (Wildman–Crippen MR) is 110 cm³/mol. The van der Waals surface area contributed by atoms with E-state index in [0.717, 1.165) is 16.9 Å². The van der Waals surface area contributed by atoms with E-state index in [2.05, 4.69) is 5.32 Å². The van der Waals surface area contributed by atoms with Crippen LogP contribution < -0.4 is 14.8 Å². The van der Waals surface area contributed by atoms with Crippen molar-refractivity contribution in [2.24, 2.45) is 0 Å². The molecule has 0 amide bonds. The third-order valence-electron chi connectivity index (χ3n) is 4.12. The fourth-order valence-corrected chi connectivity index (χ4v) is 2.93. The largest absolute Gasteiger partial charge is 0.495 e. The Kier molecular flexibility index (Phi) is 6.40. The summed E-state index contributed by atoms with van der Waals surface area (Å²) < 4.78 is 11.1. The van der Waals surface area contributed by atoms with Crippen molar-refractivity contribution in [2.45, 2.75) is 13.2 Å². The normalized spacial score (nSPS) is 10.4. The molecule has 0 fully saturated rings. The average Bonchev–Trinajstić information content (AvgIpc) is 2.71. The summed E-state index contributed by atoms with van der Waals surface area (Å²) in [5.74, 6) is 0.339. The number of benzene rings is 3. The van der Waals surface area contributed by atoms with E-state index < -0.39 is 5.97 Å². The summed E-state index contributed by atoms with van der Waals surface area (Å²) in [4.78, 5) is 11.2. The lowest BCUT2D eigenvalue weighted by molar-refractivity contribution is 0.0697. The van der Waals surface area contributed by atoms with Gasteiger partial charge in [-0.3, -0.25) is 0 Å². The Balaban J connectivity index is 1.66. The second kappa shape index (κ2) is 9.15. The molecule has 0 aliphatic heterocycles. The van der Waals surface area contributed by atoms with Crippen molar-refractivity contribution in [3.63, 3.8) is 0 Å². The zero-order valence-electron chi connectivity index (χ0n) is 15.3. The topological polar surface area (TPSA) is 67.8 Å². The number of nitrogens with one attached hydrogen (secondary N) is 1. The highest BCUT2D eigenvalue weighted by atomic mass is 35.5. The summed E-state index contributed by atoms with van der Waals surface area (Å²) in [6, 6.07) is 19.9. The van der Waals surface area contributed by atoms with Crippen LogP contribution in [0.1, 0.15) is 21.5 Å². The lowest BCUT2D eigenvalue weighted by Gasteiger charge is -2.13. The van der Waals surface area contributed by atoms with Crippen LogP contribution in [-0.4, -0.2) is 18.2 Å². The molecule has 2 N–H and O–H groups in total. The fourth-order valence-electron chi connectivity index (χ4n) is 2.72. The number of carboxylic acids is 1. The van der Waals surface area contributed by atoms with E-state index in [9.17, 15) is 9.90 Å². The smallest absolute Gasteiger partial charge is 0.335 e. The Hall–Kier alpha value is -3.18. The van der Waals surface area contributed by atoms with Gasteiger partial charge in [-0.25, -0.2) is 4.79 Å². The lowest BCUT2D eigenvalue weighted by Crippen LogP contribution is -2.04. The Morgan fingerprint density at radius 3 is 2.57 bits per heavy atom. The van der Waals surface area contributed by atoms with Crippen LogP contribution in [0.5, 0.6) is 11.5 Å². The first-order valence-electron chi connectivity index (χ1n) is 8.66. The Morgan fingerprint density at radius 2 is 1.82 bits per heavy atom. The first-order valence-corrected chi connectivity index (χ1v) is 9.04. The van der Waals surface area contributed by atoms with Gasteiger partial charge < -0.3 is 19.9 Å². The molecule has 28 heavy (non-hydrogen) atoms. The highest BCUT2D eigenvalue weighted by Crippen LogP contribution is 2.26. The zero-order valence-corrected chi connectivity index (χ0v) is 16.1. The van der Waals surface area contributed by atoms with Crippen molar-refractivity contribution in [3.8, 4) is 11.5 Å². The zero-order chi connectivity index (χ0) is 19.9. The number of ether oxygens (including phenoxy) is 2. The lowest BCUT2D eigenvalue weighted by atomic mass is 10.1. The van der Waals surface area contributed by atoms with Crippen LogP contribution in [0.4, 0.5) is 5.69 Å². The summed E-state index contributed by atoms with van der Waals surface area (Å²) in [5, 5.41) is 13.1. The predicted octanol–water partition coefficient (Wildman–Crippen LogP) is 5.24. The highest BCUT2D eigenvalue weighted by molar-refractivity contribution is 6.30. The summed E-state index contributed by atoms with van der Waals surface area (Å²) in [7, 11) is 1.55. The van der Waals surface area contributed by atoms with Gasteiger partial charge in [-0.1, -0.05) is 35.9 Å². The number of carboxylic acid groups (broad SMARTS) is 1. The average molecular weight is 398 g/mol. The molecule has 0 aromatic heterocycles. The standard InChI is InChI=1S/C22H20ClNO4/c1-27-21-9-8-17(22(25)26)12-20(21)24-13-15-4-3-7-19(11-15)28-14-16-5-2-6-18(23)10-16/h2-12,24H,13-14H2,1H3,(H,25,26). The third-order valence-corrected chi connectivity index (χ3v) is 4.36. The van der Waals surface area contributed by atoms with E-state index in [-0.39, 0.29) is 5.56 Å². The van der Waals surface area contributed by atoms with Crippen molar-refractivity contribution in [1.29, 1.82) is 0 Å². The maximum absolute atomic E-state index is 11.2. The molecular weight excluding hydrogens is 378 g/mol. The van der Waals surface area contributed by atoms with Crippen LogP contribution in [-0.2, 0) is 13.2 Å². The van der Waals surface area contributed by atoms with Gasteiger partial charge in [0.2, 0.25) is 0 Å². The maximum atomic E-state index is 11.2. The van der Waals surface area contributed by atoms with Crippen LogP contribution in [0.2, 0.25) is 5.02 Å². The number of halogens is 1. The fraction of sp³-hybridized carbons (Fsp3) is 0.136. The molecule has 0 unspecified atom stereocenters. The first kappa shape index (κ1) is 19.6. The van der Waals surface area contributed by atoms with E-state index >= 15 is 0 Å². The van der Waals surface area contributed by atoms with E-state index in [1.807, 2.05) is 48.5 Å². The molecule has 0 aliphatic carbocycles. The van der Waals surface area contributed by atoms with Crippen molar-refractivity contribution in [2.75, 3.05) is 12.4 Å². The highest BCUT2D eigenvalue weighted by Gasteiger charge is 2.09. The molecule has 0 saturated heterocycles. The van der Waals surface area contributed by atoms with Crippen LogP contribution >= 0.6 is 11.6 Å². The van der Waals surface area contributed by atoms with Crippen LogP contribution in [0.25, 0.3) is 0 Å². The van der Waals surface area contributed by atoms with E-state index in [1.165, 1.54) is 6.07 Å². The molecule has 0 saturated carbocycles. The summed E-state index contributed by atoms with van der Waals surface area (Å²) in [6.07, 6.45) is 0. The number of anilines is 1. The number of carbonyl (C=O) groups is 1. The second-order valence-corrected chi connectivity index (χ2v) is 6.58. The molecule has 0 aliphatic rings. The number of aromatic carboxylic acids is 1. The number of rotatable bonds is 8. The van der Waals surface area contributed by atoms with E-state index in [0.29, 0.717) is 29.6 Å². The molecule has 0 heterocycles. The van der Waals surface area contributed by atoms with Gasteiger partial charge in [0.15, 0.2) is 0 Å². The summed E-state index contributed by atoms with van der Waals surface area (Å²) in [6.45, 7) is 0.916. The van der Waals surface area contributed by atoms with Crippen LogP contribution in [0.15, 0.2) is 66.7 Å². The van der Waals surface area contributed by atoms with Crippen molar-refractivity contribution in [3.05, 3.63) is 88.4 Å². The van der Waals surface area contributed by atoms with Crippen molar-refractivity contribution < 1.29 is 19.4 Å². The minimum atomic E-state index is -0.984. The van der Waals surface area contributed by atoms with Gasteiger partial charge in [-0.05, 0) is 53.6 Å². The first-order chi connectivity index (χ1) is 13.5. The van der Waals surface area contributed by atoms with Gasteiger partial charge in [0.1, 0.15) is 18.1 Å². The molecule has 0 bridgehead atoms. The number of methoxy groups -OCH3 is 1. The monoisotopic (exact) mass is 397 g/mol. The Labute approximate surface area is 168 Å². The van der Waals surface area contributed by atoms with Crippen LogP contribution in [0, 0.1) is 0 Å². The van der Waals surface area contributed by atoms with Gasteiger partial charge >= 0.3 is 5.97 Å². The Morgan fingerprint density at radius 1 is 1.04 bits per heavy atom. The van der Waals surface area contributed by atoms with E-state index in [1.54, 1.807) is 19.2 Å². The molecule has 0 spiro atoms. The molecule has 144 valence electrons. The van der Waals surface area contributed by atoms with Crippen molar-refractivity contribution >= 4 is 23.3 Å². The van der Waals surface area contributed by atoms with Gasteiger partial charge in [-0.15, -0.1) is 0 Å². The molecule has 0 atom stereocenters. The summed E-state index contributed by atoms with van der Waals surface area (Å²) >= 11 is 6.00. The second-order valence-electron chi connectivity index (χ2n) is 6.14. The van der Waals surface area contributed by atoms with Gasteiger partial charge in [-0.2, -0.15) is 0 Å². The van der Waals surface area contributed by atoms with Gasteiger partial charge in [0.25, 0.3) is 0 Å². The quantitative estimate of drug-likeness (QED) is 0.544. The van der Waals surface area contributed by atoms with Crippen LogP contribution in [0.3, 0.4) is 0 Å². The van der Waals surface area contributed by atoms with Gasteiger partial charge in [0.05, 0.1) is 18.4 Å². The maximum Gasteiger partial charge on any atom is 0.335 e. The molecule has 6 heteroatoms. The number of hydrogen-bond acceptors (Lipinski definition) is 4. The molecule has 5 nitrogen and oxygen atoms in total.